The fraction of sp³-hybridized carbons (Fsp3) is 0.333. The van der Waals surface area contributed by atoms with Crippen molar-refractivity contribution >= 4 is 11.6 Å². The highest BCUT2D eigenvalue weighted by atomic mass is 16.1. The maximum Gasteiger partial charge on any atom is 0.271 e. The van der Waals surface area contributed by atoms with Gasteiger partial charge in [-0.15, -0.1) is 0 Å². The number of benzene rings is 1. The van der Waals surface area contributed by atoms with Crippen LogP contribution in [-0.4, -0.2) is 22.2 Å². The van der Waals surface area contributed by atoms with Gasteiger partial charge < -0.3 is 11.1 Å². The molecule has 0 unspecified atom stereocenters. The summed E-state index contributed by atoms with van der Waals surface area (Å²) < 4.78 is 1.66. The zero-order valence-electron chi connectivity index (χ0n) is 11.2. The first-order chi connectivity index (χ1) is 9.72. The number of rotatable bonds is 5. The molecule has 5 nitrogen and oxygen atoms in total. The molecule has 20 heavy (non-hydrogen) atoms. The Morgan fingerprint density at radius 3 is 3.00 bits per heavy atom. The van der Waals surface area contributed by atoms with Crippen molar-refractivity contribution < 1.29 is 4.79 Å². The second-order valence-corrected chi connectivity index (χ2v) is 5.23. The van der Waals surface area contributed by atoms with Gasteiger partial charge in [0.25, 0.3) is 5.91 Å². The largest absolute Gasteiger partial charge is 0.399 e. The molecule has 104 valence electrons. The Balaban J connectivity index is 1.64. The summed E-state index contributed by atoms with van der Waals surface area (Å²) in [6.45, 7) is 0.731. The average Bonchev–Trinajstić information content (AvgIpc) is 3.13. The molecule has 1 aliphatic carbocycles. The van der Waals surface area contributed by atoms with Crippen LogP contribution >= 0.6 is 0 Å². The zero-order chi connectivity index (χ0) is 13.9. The van der Waals surface area contributed by atoms with E-state index < -0.39 is 0 Å². The Kier molecular flexibility index (Phi) is 3.41. The molecule has 3 rings (SSSR count). The minimum Gasteiger partial charge on any atom is -0.399 e. The summed E-state index contributed by atoms with van der Waals surface area (Å²) in [5, 5.41) is 7.19. The van der Waals surface area contributed by atoms with Gasteiger partial charge in [0.1, 0.15) is 0 Å². The highest BCUT2D eigenvalue weighted by Gasteiger charge is 2.21. The summed E-state index contributed by atoms with van der Waals surface area (Å²) in [4.78, 5) is 11.9. The van der Waals surface area contributed by atoms with Gasteiger partial charge >= 0.3 is 0 Å². The second kappa shape index (κ2) is 5.36. The van der Waals surface area contributed by atoms with E-state index in [0.717, 1.165) is 24.6 Å². The van der Waals surface area contributed by atoms with Crippen LogP contribution < -0.4 is 11.1 Å². The number of aromatic nitrogens is 2. The van der Waals surface area contributed by atoms with E-state index >= 15 is 0 Å². The molecule has 0 atom stereocenters. The number of amides is 1. The van der Waals surface area contributed by atoms with Crippen molar-refractivity contribution in [2.75, 3.05) is 12.3 Å². The molecule has 5 heteroatoms. The molecule has 1 heterocycles. The van der Waals surface area contributed by atoms with Gasteiger partial charge in [0.15, 0.2) is 5.69 Å². The molecule has 0 aliphatic heterocycles. The molecular formula is C15H18N4O. The molecule has 1 aromatic carbocycles. The number of carbonyl (C=O) groups is 1. The third-order valence-electron chi connectivity index (χ3n) is 3.49. The number of nitrogens with one attached hydrogen (secondary N) is 1. The lowest BCUT2D eigenvalue weighted by Gasteiger charge is -2.03. The van der Waals surface area contributed by atoms with E-state index in [4.69, 9.17) is 5.73 Å². The number of anilines is 1. The molecule has 3 N–H and O–H groups in total. The first-order valence-corrected chi connectivity index (χ1v) is 6.92. The zero-order valence-corrected chi connectivity index (χ0v) is 11.2. The standard InChI is InChI=1S/C15H18N4O/c16-12-2-1-3-13(10-12)19-9-7-14(18-19)15(20)17-8-6-11-4-5-11/h1-3,7,9-11H,4-6,8,16H2,(H,17,20). The molecule has 0 spiro atoms. The van der Waals surface area contributed by atoms with Crippen LogP contribution in [0.4, 0.5) is 5.69 Å². The predicted octanol–water partition coefficient (Wildman–Crippen LogP) is 1.98. The molecule has 1 fully saturated rings. The summed E-state index contributed by atoms with van der Waals surface area (Å²) in [7, 11) is 0. The molecule has 0 radical (unpaired) electrons. The number of nitrogens with two attached hydrogens (primary N) is 1. The summed E-state index contributed by atoms with van der Waals surface area (Å²) >= 11 is 0. The van der Waals surface area contributed by atoms with Gasteiger partial charge in [-0.1, -0.05) is 18.9 Å². The molecule has 1 aliphatic rings. The van der Waals surface area contributed by atoms with Crippen LogP contribution in [0.2, 0.25) is 0 Å². The summed E-state index contributed by atoms with van der Waals surface area (Å²) in [6, 6.07) is 9.12. The van der Waals surface area contributed by atoms with E-state index in [9.17, 15) is 4.79 Å². The Labute approximate surface area is 117 Å². The second-order valence-electron chi connectivity index (χ2n) is 5.23. The van der Waals surface area contributed by atoms with Crippen molar-refractivity contribution in [2.24, 2.45) is 5.92 Å². The van der Waals surface area contributed by atoms with Crippen molar-refractivity contribution in [3.8, 4) is 5.69 Å². The van der Waals surface area contributed by atoms with Crippen molar-refractivity contribution in [3.63, 3.8) is 0 Å². The minimum absolute atomic E-state index is 0.117. The van der Waals surface area contributed by atoms with Gasteiger partial charge in [0.05, 0.1) is 5.69 Å². The topological polar surface area (TPSA) is 72.9 Å². The molecule has 2 aromatic rings. The van der Waals surface area contributed by atoms with Crippen LogP contribution in [0.25, 0.3) is 5.69 Å². The van der Waals surface area contributed by atoms with Gasteiger partial charge in [-0.2, -0.15) is 5.10 Å². The first-order valence-electron chi connectivity index (χ1n) is 6.92. The highest BCUT2D eigenvalue weighted by Crippen LogP contribution is 2.31. The van der Waals surface area contributed by atoms with Gasteiger partial charge in [-0.3, -0.25) is 4.79 Å². The molecule has 1 saturated carbocycles. The Morgan fingerprint density at radius 2 is 2.25 bits per heavy atom. The number of carbonyl (C=O) groups excluding carboxylic acids is 1. The fourth-order valence-corrected chi connectivity index (χ4v) is 2.14. The van der Waals surface area contributed by atoms with Gasteiger partial charge in [-0.25, -0.2) is 4.68 Å². The minimum atomic E-state index is -0.117. The van der Waals surface area contributed by atoms with Crippen LogP contribution in [0.1, 0.15) is 29.8 Å². The number of hydrogen-bond acceptors (Lipinski definition) is 3. The number of nitrogens with zero attached hydrogens (tertiary/aromatic N) is 2. The fourth-order valence-electron chi connectivity index (χ4n) is 2.14. The molecule has 0 bridgehead atoms. The van der Waals surface area contributed by atoms with E-state index in [2.05, 4.69) is 10.4 Å². The van der Waals surface area contributed by atoms with Crippen molar-refractivity contribution in [3.05, 3.63) is 42.2 Å². The number of nitrogen functional groups attached to an aromatic ring is 1. The maximum absolute atomic E-state index is 11.9. The monoisotopic (exact) mass is 270 g/mol. The van der Waals surface area contributed by atoms with Crippen LogP contribution in [0.5, 0.6) is 0 Å². The molecule has 0 saturated heterocycles. The molecule has 1 aromatic heterocycles. The third-order valence-corrected chi connectivity index (χ3v) is 3.49. The Morgan fingerprint density at radius 1 is 1.40 bits per heavy atom. The van der Waals surface area contributed by atoms with Gasteiger partial charge in [0.2, 0.25) is 0 Å². The van der Waals surface area contributed by atoms with Gasteiger partial charge in [-0.05, 0) is 36.6 Å². The molecule has 1 amide bonds. The van der Waals surface area contributed by atoms with E-state index in [1.165, 1.54) is 12.8 Å². The normalized spacial score (nSPS) is 14.2. The quantitative estimate of drug-likeness (QED) is 0.816. The van der Waals surface area contributed by atoms with E-state index in [1.54, 1.807) is 16.9 Å². The Hall–Kier alpha value is -2.30. The van der Waals surface area contributed by atoms with Crippen LogP contribution in [-0.2, 0) is 0 Å². The summed E-state index contributed by atoms with van der Waals surface area (Å²) in [5.74, 6) is 0.702. The van der Waals surface area contributed by atoms with Crippen LogP contribution in [0.3, 0.4) is 0 Å². The summed E-state index contributed by atoms with van der Waals surface area (Å²) in [6.07, 6.45) is 5.45. The predicted molar refractivity (Wildman–Crippen MR) is 77.7 cm³/mol. The maximum atomic E-state index is 11.9. The SMILES string of the molecule is Nc1cccc(-n2ccc(C(=O)NCCC3CC3)n2)c1. The van der Waals surface area contributed by atoms with E-state index in [0.29, 0.717) is 11.4 Å². The highest BCUT2D eigenvalue weighted by molar-refractivity contribution is 5.92. The third kappa shape index (κ3) is 2.99. The van der Waals surface area contributed by atoms with Crippen molar-refractivity contribution in [1.82, 2.24) is 15.1 Å². The lowest BCUT2D eigenvalue weighted by molar-refractivity contribution is 0.0947. The molecular weight excluding hydrogens is 252 g/mol. The Bertz CT molecular complexity index is 616. The van der Waals surface area contributed by atoms with Gasteiger partial charge in [0, 0.05) is 18.4 Å². The first kappa shape index (κ1) is 12.7. The average molecular weight is 270 g/mol. The van der Waals surface area contributed by atoms with E-state index in [-0.39, 0.29) is 5.91 Å². The van der Waals surface area contributed by atoms with Crippen molar-refractivity contribution in [2.45, 2.75) is 19.3 Å². The van der Waals surface area contributed by atoms with Crippen LogP contribution in [0, 0.1) is 5.92 Å². The lowest BCUT2D eigenvalue weighted by atomic mass is 10.3. The van der Waals surface area contributed by atoms with Crippen molar-refractivity contribution in [1.29, 1.82) is 0 Å². The van der Waals surface area contributed by atoms with E-state index in [1.807, 2.05) is 24.3 Å². The van der Waals surface area contributed by atoms with Crippen LogP contribution in [0.15, 0.2) is 36.5 Å². The summed E-state index contributed by atoms with van der Waals surface area (Å²) in [5.41, 5.74) is 7.70. The lowest BCUT2D eigenvalue weighted by Crippen LogP contribution is -2.25. The number of hydrogen-bond donors (Lipinski definition) is 2. The smallest absolute Gasteiger partial charge is 0.271 e.